The molecule has 1 aromatic heterocycles. The molecular weight excluding hydrogens is 315 g/mol. The maximum atomic E-state index is 12.0. The number of amides is 1. The summed E-state index contributed by atoms with van der Waals surface area (Å²) in [7, 11) is 0. The van der Waals surface area contributed by atoms with Crippen molar-refractivity contribution >= 4 is 40.5 Å². The standard InChI is InChI=1S/C13H12Cl2N4O2/c1-7-2-3-12(21)19(18-7)6-11(20)17-13-9(14)4-8(16)5-10(13)15/h2-5H,6,16H2,1H3,(H,17,20). The molecule has 1 amide bonds. The molecule has 0 radical (unpaired) electrons. The van der Waals surface area contributed by atoms with Crippen molar-refractivity contribution in [1.82, 2.24) is 9.78 Å². The Kier molecular flexibility index (Phi) is 4.50. The maximum Gasteiger partial charge on any atom is 0.267 e. The first-order chi connectivity index (χ1) is 9.86. The van der Waals surface area contributed by atoms with E-state index in [2.05, 4.69) is 10.4 Å². The minimum absolute atomic E-state index is 0.220. The van der Waals surface area contributed by atoms with Crippen molar-refractivity contribution in [3.63, 3.8) is 0 Å². The Hall–Kier alpha value is -2.05. The predicted molar refractivity (Wildman–Crippen MR) is 82.7 cm³/mol. The molecule has 6 nitrogen and oxygen atoms in total. The van der Waals surface area contributed by atoms with Gasteiger partial charge in [-0.15, -0.1) is 0 Å². The van der Waals surface area contributed by atoms with Crippen LogP contribution in [0.15, 0.2) is 29.1 Å². The maximum absolute atomic E-state index is 12.0. The molecular formula is C13H12Cl2N4O2. The van der Waals surface area contributed by atoms with Crippen LogP contribution >= 0.6 is 23.2 Å². The number of carbonyl (C=O) groups is 1. The smallest absolute Gasteiger partial charge is 0.267 e. The SMILES string of the molecule is Cc1ccc(=O)n(CC(=O)Nc2c(Cl)cc(N)cc2Cl)n1. The second-order valence-corrected chi connectivity index (χ2v) is 5.19. The van der Waals surface area contributed by atoms with Crippen molar-refractivity contribution in [2.24, 2.45) is 0 Å². The van der Waals surface area contributed by atoms with Gasteiger partial charge in [-0.05, 0) is 25.1 Å². The van der Waals surface area contributed by atoms with Crippen LogP contribution in [-0.4, -0.2) is 15.7 Å². The molecule has 0 aliphatic carbocycles. The van der Waals surface area contributed by atoms with E-state index in [9.17, 15) is 9.59 Å². The van der Waals surface area contributed by atoms with Gasteiger partial charge in [0.25, 0.3) is 5.56 Å². The monoisotopic (exact) mass is 326 g/mol. The Balaban J connectivity index is 2.19. The average Bonchev–Trinajstić information content (AvgIpc) is 2.38. The van der Waals surface area contributed by atoms with Crippen molar-refractivity contribution in [2.75, 3.05) is 11.1 Å². The van der Waals surface area contributed by atoms with Crippen LogP contribution in [-0.2, 0) is 11.3 Å². The summed E-state index contributed by atoms with van der Waals surface area (Å²) in [6, 6.07) is 5.86. The zero-order valence-electron chi connectivity index (χ0n) is 11.1. The Bertz CT molecular complexity index is 735. The van der Waals surface area contributed by atoms with Crippen LogP contribution in [0.4, 0.5) is 11.4 Å². The number of benzene rings is 1. The van der Waals surface area contributed by atoms with Gasteiger partial charge in [-0.25, -0.2) is 4.68 Å². The number of carbonyl (C=O) groups excluding carboxylic acids is 1. The average molecular weight is 327 g/mol. The summed E-state index contributed by atoms with van der Waals surface area (Å²) in [6.07, 6.45) is 0. The van der Waals surface area contributed by atoms with Gasteiger partial charge in [-0.1, -0.05) is 23.2 Å². The lowest BCUT2D eigenvalue weighted by Crippen LogP contribution is -2.29. The molecule has 0 saturated carbocycles. The first kappa shape index (κ1) is 15.3. The molecule has 1 aromatic carbocycles. The van der Waals surface area contributed by atoms with Gasteiger partial charge >= 0.3 is 0 Å². The lowest BCUT2D eigenvalue weighted by Gasteiger charge is -2.11. The Morgan fingerprint density at radius 2 is 1.95 bits per heavy atom. The van der Waals surface area contributed by atoms with Crippen molar-refractivity contribution in [3.8, 4) is 0 Å². The second-order valence-electron chi connectivity index (χ2n) is 4.38. The van der Waals surface area contributed by atoms with Crippen LogP contribution in [0, 0.1) is 6.92 Å². The van der Waals surface area contributed by atoms with E-state index < -0.39 is 5.91 Å². The minimum Gasteiger partial charge on any atom is -0.399 e. The number of anilines is 2. The van der Waals surface area contributed by atoms with E-state index in [1.807, 2.05) is 0 Å². The fourth-order valence-electron chi connectivity index (χ4n) is 1.69. The number of rotatable bonds is 3. The van der Waals surface area contributed by atoms with Gasteiger partial charge in [-0.2, -0.15) is 5.10 Å². The number of hydrogen-bond donors (Lipinski definition) is 2. The zero-order valence-corrected chi connectivity index (χ0v) is 12.6. The van der Waals surface area contributed by atoms with Crippen LogP contribution in [0.2, 0.25) is 10.0 Å². The highest BCUT2D eigenvalue weighted by atomic mass is 35.5. The number of hydrogen-bond acceptors (Lipinski definition) is 4. The highest BCUT2D eigenvalue weighted by Gasteiger charge is 2.12. The summed E-state index contributed by atoms with van der Waals surface area (Å²) >= 11 is 12.0. The zero-order chi connectivity index (χ0) is 15.6. The van der Waals surface area contributed by atoms with E-state index >= 15 is 0 Å². The van der Waals surface area contributed by atoms with Crippen LogP contribution in [0.25, 0.3) is 0 Å². The second kappa shape index (κ2) is 6.15. The van der Waals surface area contributed by atoms with E-state index in [4.69, 9.17) is 28.9 Å². The van der Waals surface area contributed by atoms with Crippen LogP contribution in [0.3, 0.4) is 0 Å². The van der Waals surface area contributed by atoms with Gasteiger partial charge in [0.15, 0.2) is 0 Å². The van der Waals surface area contributed by atoms with Gasteiger partial charge in [0.05, 0.1) is 21.4 Å². The number of nitrogens with two attached hydrogens (primary N) is 1. The van der Waals surface area contributed by atoms with E-state index in [0.717, 1.165) is 4.68 Å². The highest BCUT2D eigenvalue weighted by Crippen LogP contribution is 2.32. The fraction of sp³-hybridized carbons (Fsp3) is 0.154. The van der Waals surface area contributed by atoms with Crippen LogP contribution in [0.1, 0.15) is 5.69 Å². The van der Waals surface area contributed by atoms with E-state index in [1.54, 1.807) is 13.0 Å². The topological polar surface area (TPSA) is 90.0 Å². The minimum atomic E-state index is -0.469. The molecule has 21 heavy (non-hydrogen) atoms. The van der Waals surface area contributed by atoms with Gasteiger partial charge in [-0.3, -0.25) is 9.59 Å². The van der Waals surface area contributed by atoms with Crippen LogP contribution < -0.4 is 16.6 Å². The molecule has 0 fully saturated rings. The summed E-state index contributed by atoms with van der Waals surface area (Å²) in [6.45, 7) is 1.49. The fourth-order valence-corrected chi connectivity index (χ4v) is 2.29. The summed E-state index contributed by atoms with van der Waals surface area (Å²) in [4.78, 5) is 23.6. The molecule has 0 aliphatic rings. The first-order valence-electron chi connectivity index (χ1n) is 5.96. The number of aryl methyl sites for hydroxylation is 1. The molecule has 0 bridgehead atoms. The van der Waals surface area contributed by atoms with Crippen molar-refractivity contribution < 1.29 is 4.79 Å². The molecule has 0 unspecified atom stereocenters. The molecule has 110 valence electrons. The van der Waals surface area contributed by atoms with Gasteiger partial charge < -0.3 is 11.1 Å². The molecule has 0 spiro atoms. The predicted octanol–water partition coefficient (Wildman–Crippen LogP) is 2.08. The molecule has 0 saturated heterocycles. The molecule has 1 heterocycles. The summed E-state index contributed by atoms with van der Waals surface area (Å²) < 4.78 is 1.06. The summed E-state index contributed by atoms with van der Waals surface area (Å²) in [5.41, 5.74) is 6.48. The lowest BCUT2D eigenvalue weighted by atomic mass is 10.3. The van der Waals surface area contributed by atoms with Crippen molar-refractivity contribution in [3.05, 3.63) is 50.4 Å². The lowest BCUT2D eigenvalue weighted by molar-refractivity contribution is -0.117. The van der Waals surface area contributed by atoms with Crippen molar-refractivity contribution in [2.45, 2.75) is 13.5 Å². The Morgan fingerprint density at radius 3 is 2.57 bits per heavy atom. The third kappa shape index (κ3) is 3.74. The third-order valence-corrected chi connectivity index (χ3v) is 3.22. The number of halogens is 2. The Labute approximate surface area is 130 Å². The van der Waals surface area contributed by atoms with Crippen LogP contribution in [0.5, 0.6) is 0 Å². The third-order valence-electron chi connectivity index (χ3n) is 2.62. The normalized spacial score (nSPS) is 10.4. The molecule has 0 atom stereocenters. The van der Waals surface area contributed by atoms with Crippen molar-refractivity contribution in [1.29, 1.82) is 0 Å². The molecule has 2 rings (SSSR count). The molecule has 3 N–H and O–H groups in total. The molecule has 8 heteroatoms. The Morgan fingerprint density at radius 1 is 1.33 bits per heavy atom. The quantitative estimate of drug-likeness (QED) is 0.845. The van der Waals surface area contributed by atoms with E-state index in [-0.39, 0.29) is 27.8 Å². The number of nitrogen functional groups attached to an aromatic ring is 1. The largest absolute Gasteiger partial charge is 0.399 e. The van der Waals surface area contributed by atoms with E-state index in [1.165, 1.54) is 18.2 Å². The van der Waals surface area contributed by atoms with Gasteiger partial charge in [0.1, 0.15) is 6.54 Å². The van der Waals surface area contributed by atoms with E-state index in [0.29, 0.717) is 11.4 Å². The number of nitrogens with one attached hydrogen (secondary N) is 1. The summed E-state index contributed by atoms with van der Waals surface area (Å²) in [5.74, 6) is -0.469. The van der Waals surface area contributed by atoms with Gasteiger partial charge in [0.2, 0.25) is 5.91 Å². The summed E-state index contributed by atoms with van der Waals surface area (Å²) in [5, 5.41) is 6.95. The molecule has 0 aliphatic heterocycles. The first-order valence-corrected chi connectivity index (χ1v) is 6.71. The molecule has 2 aromatic rings. The highest BCUT2D eigenvalue weighted by molar-refractivity contribution is 6.40. The number of nitrogens with zero attached hydrogens (tertiary/aromatic N) is 2. The van der Waals surface area contributed by atoms with Gasteiger partial charge in [0, 0.05) is 11.8 Å². The number of aromatic nitrogens is 2.